The lowest BCUT2D eigenvalue weighted by molar-refractivity contribution is -0.401. The Kier molecular flexibility index (Phi) is 6.16. The quantitative estimate of drug-likeness (QED) is 0.334. The summed E-state index contributed by atoms with van der Waals surface area (Å²) >= 11 is 0. The zero-order valence-electron chi connectivity index (χ0n) is 13.2. The van der Waals surface area contributed by atoms with Gasteiger partial charge < -0.3 is 9.47 Å². The van der Waals surface area contributed by atoms with Crippen molar-refractivity contribution in [3.05, 3.63) is 92.3 Å². The van der Waals surface area contributed by atoms with Crippen LogP contribution in [0.5, 0.6) is 11.5 Å². The van der Waals surface area contributed by atoms with Crippen LogP contribution in [0.4, 0.5) is 4.79 Å². The van der Waals surface area contributed by atoms with Crippen molar-refractivity contribution in [2.24, 2.45) is 0 Å². The summed E-state index contributed by atoms with van der Waals surface area (Å²) in [6, 6.07) is 12.0. The van der Waals surface area contributed by atoms with Crippen molar-refractivity contribution >= 4 is 18.3 Å². The molecule has 0 heterocycles. The minimum atomic E-state index is -0.966. The van der Waals surface area contributed by atoms with Crippen LogP contribution in [0.25, 0.3) is 12.2 Å². The Morgan fingerprint density at radius 1 is 0.731 bits per heavy atom. The largest absolute Gasteiger partial charge is 0.519 e. The van der Waals surface area contributed by atoms with Gasteiger partial charge in [-0.25, -0.2) is 4.79 Å². The topological polar surface area (TPSA) is 122 Å². The number of nitrogens with zero attached hydrogens (tertiary/aromatic N) is 2. The Labute approximate surface area is 147 Å². The molecule has 9 heteroatoms. The van der Waals surface area contributed by atoms with Gasteiger partial charge in [-0.3, -0.25) is 20.2 Å². The van der Waals surface area contributed by atoms with Crippen LogP contribution in [0.15, 0.2) is 60.9 Å². The van der Waals surface area contributed by atoms with E-state index in [4.69, 9.17) is 9.47 Å². The molecule has 2 aromatic carbocycles. The van der Waals surface area contributed by atoms with Crippen molar-refractivity contribution in [3.8, 4) is 11.5 Å². The fourth-order valence-electron chi connectivity index (χ4n) is 1.80. The van der Waals surface area contributed by atoms with Crippen LogP contribution in [-0.2, 0) is 0 Å². The molecule has 2 aromatic rings. The Morgan fingerprint density at radius 2 is 1.08 bits per heavy atom. The first-order valence-electron chi connectivity index (χ1n) is 7.15. The molecule has 0 saturated heterocycles. The van der Waals surface area contributed by atoms with E-state index in [2.05, 4.69) is 0 Å². The van der Waals surface area contributed by atoms with Crippen LogP contribution in [0.1, 0.15) is 11.1 Å². The van der Waals surface area contributed by atoms with Crippen LogP contribution in [0, 0.1) is 20.2 Å². The Balaban J connectivity index is 1.92. The van der Waals surface area contributed by atoms with E-state index in [1.54, 1.807) is 24.3 Å². The minimum Gasteiger partial charge on any atom is -0.395 e. The molecule has 26 heavy (non-hydrogen) atoms. The average molecular weight is 356 g/mol. The third-order valence-corrected chi connectivity index (χ3v) is 2.94. The molecule has 0 aliphatic heterocycles. The summed E-state index contributed by atoms with van der Waals surface area (Å²) in [5.74, 6) is 0.414. The molecule has 0 aromatic heterocycles. The van der Waals surface area contributed by atoms with Crippen LogP contribution < -0.4 is 9.47 Å². The molecule has 0 spiro atoms. The van der Waals surface area contributed by atoms with Crippen molar-refractivity contribution in [3.63, 3.8) is 0 Å². The fraction of sp³-hybridized carbons (Fsp3) is 0. The number of ether oxygens (including phenoxy) is 2. The van der Waals surface area contributed by atoms with Crippen LogP contribution >= 0.6 is 0 Å². The molecular weight excluding hydrogens is 344 g/mol. The number of carbonyl (C=O) groups is 1. The summed E-state index contributed by atoms with van der Waals surface area (Å²) < 4.78 is 9.97. The molecular formula is C17H12N2O7. The van der Waals surface area contributed by atoms with Crippen molar-refractivity contribution < 1.29 is 24.1 Å². The lowest BCUT2D eigenvalue weighted by Gasteiger charge is -2.06. The molecule has 0 bridgehead atoms. The van der Waals surface area contributed by atoms with Crippen molar-refractivity contribution in [2.45, 2.75) is 0 Å². The first-order chi connectivity index (χ1) is 12.4. The maximum Gasteiger partial charge on any atom is 0.519 e. The lowest BCUT2D eigenvalue weighted by Crippen LogP contribution is -2.13. The molecule has 132 valence electrons. The van der Waals surface area contributed by atoms with E-state index in [1.807, 2.05) is 0 Å². The molecule has 0 fully saturated rings. The summed E-state index contributed by atoms with van der Waals surface area (Å²) in [6.07, 6.45) is 3.24. The highest BCUT2D eigenvalue weighted by atomic mass is 16.7. The average Bonchev–Trinajstić information content (AvgIpc) is 2.60. The minimum absolute atomic E-state index is 0.207. The van der Waals surface area contributed by atoms with Crippen LogP contribution in [0.2, 0.25) is 0 Å². The standard InChI is InChI=1S/C17H12N2O7/c20-17(25-15-5-1-13(2-6-15)9-11-18(21)22)26-16-7-3-14(4-8-16)10-12-19(23)24/h1-12H. The van der Waals surface area contributed by atoms with Crippen LogP contribution in [-0.4, -0.2) is 16.0 Å². The molecule has 0 radical (unpaired) electrons. The van der Waals surface area contributed by atoms with Crippen molar-refractivity contribution in [2.75, 3.05) is 0 Å². The Bertz CT molecular complexity index is 784. The van der Waals surface area contributed by atoms with Crippen LogP contribution in [0.3, 0.4) is 0 Å². The third-order valence-electron chi connectivity index (χ3n) is 2.94. The van der Waals surface area contributed by atoms with E-state index < -0.39 is 16.0 Å². The number of benzene rings is 2. The van der Waals surface area contributed by atoms with E-state index in [0.29, 0.717) is 11.1 Å². The van der Waals surface area contributed by atoms with E-state index in [1.165, 1.54) is 36.4 Å². The highest BCUT2D eigenvalue weighted by Crippen LogP contribution is 2.17. The monoisotopic (exact) mass is 356 g/mol. The normalized spacial score (nSPS) is 10.8. The Morgan fingerprint density at radius 3 is 1.38 bits per heavy atom. The first kappa shape index (κ1) is 18.3. The van der Waals surface area contributed by atoms with Gasteiger partial charge in [-0.15, -0.1) is 0 Å². The summed E-state index contributed by atoms with van der Waals surface area (Å²) in [7, 11) is 0. The number of carbonyl (C=O) groups excluding carboxylic acids is 1. The van der Waals surface area contributed by atoms with Gasteiger partial charge in [0.2, 0.25) is 12.4 Å². The second kappa shape index (κ2) is 8.73. The second-order valence-corrected chi connectivity index (χ2v) is 4.79. The summed E-state index contributed by atoms with van der Waals surface area (Å²) in [4.78, 5) is 31.1. The smallest absolute Gasteiger partial charge is 0.395 e. The van der Waals surface area contributed by atoms with Gasteiger partial charge in [0.25, 0.3) is 0 Å². The third kappa shape index (κ3) is 6.24. The summed E-state index contributed by atoms with van der Waals surface area (Å²) in [5, 5.41) is 20.5. The molecule has 0 N–H and O–H groups in total. The molecule has 0 amide bonds. The van der Waals surface area contributed by atoms with Gasteiger partial charge in [-0.2, -0.15) is 0 Å². The molecule has 0 unspecified atom stereocenters. The van der Waals surface area contributed by atoms with Gasteiger partial charge >= 0.3 is 6.16 Å². The van der Waals surface area contributed by atoms with Gasteiger partial charge in [0.15, 0.2) is 0 Å². The molecule has 0 aliphatic rings. The predicted molar refractivity (Wildman–Crippen MR) is 91.6 cm³/mol. The van der Waals surface area contributed by atoms with Crippen molar-refractivity contribution in [1.29, 1.82) is 0 Å². The maximum absolute atomic E-state index is 11.7. The number of hydrogen-bond donors (Lipinski definition) is 0. The molecule has 9 nitrogen and oxygen atoms in total. The van der Waals surface area contributed by atoms with E-state index in [9.17, 15) is 25.0 Å². The highest BCUT2D eigenvalue weighted by Gasteiger charge is 2.08. The lowest BCUT2D eigenvalue weighted by atomic mass is 10.2. The van der Waals surface area contributed by atoms with E-state index >= 15 is 0 Å². The molecule has 2 rings (SSSR count). The molecule has 0 saturated carbocycles. The zero-order valence-corrected chi connectivity index (χ0v) is 13.2. The molecule has 0 atom stereocenters. The maximum atomic E-state index is 11.7. The zero-order chi connectivity index (χ0) is 18.9. The SMILES string of the molecule is O=C(Oc1ccc(C=C[N+](=O)[O-])cc1)Oc1ccc(C=C[N+](=O)[O-])cc1. The van der Waals surface area contributed by atoms with Crippen molar-refractivity contribution in [1.82, 2.24) is 0 Å². The fourth-order valence-corrected chi connectivity index (χ4v) is 1.80. The van der Waals surface area contributed by atoms with Gasteiger partial charge in [0.05, 0.1) is 9.85 Å². The van der Waals surface area contributed by atoms with E-state index in [-0.39, 0.29) is 11.5 Å². The van der Waals surface area contributed by atoms with Gasteiger partial charge in [0.1, 0.15) is 11.5 Å². The summed E-state index contributed by atoms with van der Waals surface area (Å²) in [5.41, 5.74) is 1.14. The number of hydrogen-bond acceptors (Lipinski definition) is 7. The number of rotatable bonds is 6. The predicted octanol–water partition coefficient (Wildman–Crippen LogP) is 3.76. The van der Waals surface area contributed by atoms with Gasteiger partial charge in [-0.1, -0.05) is 24.3 Å². The summed E-state index contributed by atoms with van der Waals surface area (Å²) in [6.45, 7) is 0. The first-order valence-corrected chi connectivity index (χ1v) is 7.15. The van der Waals surface area contributed by atoms with Gasteiger partial charge in [-0.05, 0) is 35.4 Å². The Hall–Kier alpha value is -4.01. The second-order valence-electron chi connectivity index (χ2n) is 4.79. The van der Waals surface area contributed by atoms with E-state index in [0.717, 1.165) is 12.4 Å². The van der Waals surface area contributed by atoms with Gasteiger partial charge in [0, 0.05) is 12.2 Å². The highest BCUT2D eigenvalue weighted by molar-refractivity contribution is 5.67. The number of nitro groups is 2. The molecule has 0 aliphatic carbocycles.